The number of imide groups is 1. The molecule has 298 valence electrons. The first-order valence-corrected chi connectivity index (χ1v) is 17.4. The lowest BCUT2D eigenvalue weighted by molar-refractivity contribution is -0.337. The third-order valence-electron chi connectivity index (χ3n) is 8.90. The lowest BCUT2D eigenvalue weighted by Gasteiger charge is -2.48. The Morgan fingerprint density at radius 1 is 0.782 bits per heavy atom. The van der Waals surface area contributed by atoms with Crippen LogP contribution in [-0.4, -0.2) is 97.5 Å². The summed E-state index contributed by atoms with van der Waals surface area (Å²) in [5.74, 6) is -2.78. The minimum absolute atomic E-state index is 0.0850. The molecule has 2 aromatic rings. The second-order valence-corrected chi connectivity index (χ2v) is 12.8. The van der Waals surface area contributed by atoms with Gasteiger partial charge >= 0.3 is 24.2 Å². The molecule has 0 aliphatic carbocycles. The van der Waals surface area contributed by atoms with Crippen LogP contribution in [0.25, 0.3) is 10.4 Å². The summed E-state index contributed by atoms with van der Waals surface area (Å²) in [4.78, 5) is 69.6. The molecular weight excluding hydrogens is 724 g/mol. The SMILES string of the molecule is CC(=O)OCC1O[C@@H](OCN(C(C)=O)C(=O)OCc2ccccc2)C(N=[N+]=[N-])[C@@H](C)[C@@H]1O[C@@H]1OC(C)[C@@H](C)[C@@H](OCc2ccccc2)C1OC(C)=O.O=C=O. The van der Waals surface area contributed by atoms with Gasteiger partial charge in [-0.25, -0.2) is 9.69 Å². The highest BCUT2D eigenvalue weighted by Gasteiger charge is 2.51. The highest BCUT2D eigenvalue weighted by Crippen LogP contribution is 2.37. The van der Waals surface area contributed by atoms with Crippen molar-refractivity contribution in [3.63, 3.8) is 0 Å². The van der Waals surface area contributed by atoms with E-state index in [0.717, 1.165) is 17.4 Å². The Kier molecular flexibility index (Phi) is 17.9. The minimum Gasteiger partial charge on any atom is -0.463 e. The Balaban J connectivity index is 0.00000262. The van der Waals surface area contributed by atoms with Crippen LogP contribution in [0.3, 0.4) is 0 Å². The highest BCUT2D eigenvalue weighted by atomic mass is 16.7. The van der Waals surface area contributed by atoms with E-state index < -0.39 is 85.7 Å². The lowest BCUT2D eigenvalue weighted by atomic mass is 9.88. The van der Waals surface area contributed by atoms with Gasteiger partial charge in [-0.3, -0.25) is 14.4 Å². The Morgan fingerprint density at radius 2 is 1.38 bits per heavy atom. The third kappa shape index (κ3) is 13.3. The van der Waals surface area contributed by atoms with E-state index >= 15 is 0 Å². The summed E-state index contributed by atoms with van der Waals surface area (Å²) in [5.41, 5.74) is 11.2. The van der Waals surface area contributed by atoms with Gasteiger partial charge in [0.05, 0.1) is 24.9 Å². The summed E-state index contributed by atoms with van der Waals surface area (Å²) in [6, 6.07) is 17.3. The van der Waals surface area contributed by atoms with Crippen LogP contribution in [0.15, 0.2) is 65.8 Å². The van der Waals surface area contributed by atoms with Crippen molar-refractivity contribution in [2.45, 2.75) is 104 Å². The number of azide groups is 1. The molecule has 0 radical (unpaired) electrons. The molecule has 2 saturated heterocycles. The number of carbonyl (C=O) groups is 4. The summed E-state index contributed by atoms with van der Waals surface area (Å²) >= 11 is 0. The molecule has 4 rings (SSSR count). The van der Waals surface area contributed by atoms with Crippen molar-refractivity contribution in [3.05, 3.63) is 82.2 Å². The Morgan fingerprint density at radius 3 is 1.93 bits per heavy atom. The van der Waals surface area contributed by atoms with Crippen LogP contribution in [0.5, 0.6) is 0 Å². The van der Waals surface area contributed by atoms with Crippen molar-refractivity contribution < 1.29 is 66.7 Å². The number of ether oxygens (including phenoxy) is 8. The van der Waals surface area contributed by atoms with E-state index in [4.69, 9.17) is 47.5 Å². The first kappa shape index (κ1) is 44.2. The fourth-order valence-corrected chi connectivity index (χ4v) is 5.96. The van der Waals surface area contributed by atoms with Crippen molar-refractivity contribution in [3.8, 4) is 0 Å². The first-order valence-electron chi connectivity index (χ1n) is 17.4. The molecule has 0 aromatic heterocycles. The average Bonchev–Trinajstić information content (AvgIpc) is 3.15. The van der Waals surface area contributed by atoms with Crippen molar-refractivity contribution in [1.29, 1.82) is 0 Å². The van der Waals surface area contributed by atoms with Gasteiger partial charge < -0.3 is 37.9 Å². The number of esters is 2. The zero-order chi connectivity index (χ0) is 40.5. The van der Waals surface area contributed by atoms with Crippen molar-refractivity contribution in [2.75, 3.05) is 13.3 Å². The molecule has 2 fully saturated rings. The lowest BCUT2D eigenvalue weighted by Crippen LogP contribution is -2.61. The topological polar surface area (TPSA) is 228 Å². The van der Waals surface area contributed by atoms with Crippen LogP contribution >= 0.6 is 0 Å². The number of rotatable bonds is 14. The molecule has 4 unspecified atom stereocenters. The number of carbonyl (C=O) groups excluding carboxylic acids is 6. The van der Waals surface area contributed by atoms with Gasteiger partial charge in [0.25, 0.3) is 0 Å². The van der Waals surface area contributed by atoms with E-state index in [0.29, 0.717) is 5.56 Å². The number of hydrogen-bond donors (Lipinski definition) is 0. The van der Waals surface area contributed by atoms with Crippen molar-refractivity contribution >= 4 is 30.1 Å². The molecule has 2 aromatic carbocycles. The van der Waals surface area contributed by atoms with Crippen LogP contribution in [0, 0.1) is 11.8 Å². The standard InChI is InChI=1S/C36H46N4O12.CO2/c1-21-23(3)49-35(33(50-26(6)43)32(21)46-17-27-13-9-7-10-14-27)52-31-22(2)30(38-39-37)34(51-29(31)19-45-25(5)42)48-20-40(24(4)41)36(44)47-18-28-15-11-8-12-16-28;2-1-3/h7-16,21-23,29-35H,17-20H2,1-6H3;/t21-,22-,23?,29?,30?,31+,32-,33?,34-,35+;/m1./s1. The van der Waals surface area contributed by atoms with Crippen LogP contribution in [-0.2, 0) is 75.1 Å². The van der Waals surface area contributed by atoms with E-state index in [2.05, 4.69) is 10.0 Å². The zero-order valence-electron chi connectivity index (χ0n) is 31.4. The summed E-state index contributed by atoms with van der Waals surface area (Å²) in [6.45, 7) is 8.36. The molecule has 10 atom stereocenters. The van der Waals surface area contributed by atoms with Crippen LogP contribution in [0.4, 0.5) is 4.79 Å². The minimum atomic E-state index is -1.33. The maximum atomic E-state index is 12.9. The molecule has 2 aliphatic heterocycles. The van der Waals surface area contributed by atoms with Gasteiger partial charge in [-0.15, -0.1) is 0 Å². The molecular formula is C37H46N4O14. The summed E-state index contributed by atoms with van der Waals surface area (Å²) in [5, 5.41) is 3.91. The van der Waals surface area contributed by atoms with Gasteiger partial charge in [0, 0.05) is 31.6 Å². The van der Waals surface area contributed by atoms with Crippen LogP contribution in [0.1, 0.15) is 52.7 Å². The monoisotopic (exact) mass is 770 g/mol. The molecule has 0 saturated carbocycles. The number of benzene rings is 2. The second-order valence-electron chi connectivity index (χ2n) is 12.8. The Labute approximate surface area is 317 Å². The normalized spacial score (nSPS) is 27.1. The largest absolute Gasteiger partial charge is 0.463 e. The molecule has 0 N–H and O–H groups in total. The molecule has 18 heteroatoms. The van der Waals surface area contributed by atoms with Gasteiger partial charge in [0.15, 0.2) is 18.7 Å². The number of hydrogen-bond acceptors (Lipinski definition) is 15. The number of nitrogens with zero attached hydrogens (tertiary/aromatic N) is 4. The second kappa shape index (κ2) is 22.3. The Bertz CT molecular complexity index is 1640. The van der Waals surface area contributed by atoms with Crippen molar-refractivity contribution in [1.82, 2.24) is 4.90 Å². The zero-order valence-corrected chi connectivity index (χ0v) is 31.4. The van der Waals surface area contributed by atoms with Gasteiger partial charge in [0.1, 0.15) is 32.2 Å². The fraction of sp³-hybridized carbons (Fsp3) is 0.541. The molecule has 2 amide bonds. The van der Waals surface area contributed by atoms with Gasteiger partial charge in [0.2, 0.25) is 5.91 Å². The van der Waals surface area contributed by atoms with Gasteiger partial charge in [-0.05, 0) is 29.5 Å². The van der Waals surface area contributed by atoms with E-state index in [1.165, 1.54) is 13.8 Å². The van der Waals surface area contributed by atoms with E-state index in [1.54, 1.807) is 31.2 Å². The molecule has 2 aliphatic rings. The fourth-order valence-electron chi connectivity index (χ4n) is 5.96. The van der Waals surface area contributed by atoms with Gasteiger partial charge in [-0.2, -0.15) is 9.59 Å². The van der Waals surface area contributed by atoms with Crippen LogP contribution < -0.4 is 0 Å². The first-order chi connectivity index (χ1) is 26.3. The smallest absolute Gasteiger partial charge is 0.418 e. The van der Waals surface area contributed by atoms with Crippen LogP contribution in [0.2, 0.25) is 0 Å². The third-order valence-corrected chi connectivity index (χ3v) is 8.90. The quantitative estimate of drug-likeness (QED) is 0.0646. The predicted molar refractivity (Wildman–Crippen MR) is 186 cm³/mol. The summed E-state index contributed by atoms with van der Waals surface area (Å²) in [6.07, 6.45) is -7.31. The highest BCUT2D eigenvalue weighted by molar-refractivity contribution is 5.90. The summed E-state index contributed by atoms with van der Waals surface area (Å²) in [7, 11) is 0. The number of amides is 2. The van der Waals surface area contributed by atoms with Crippen molar-refractivity contribution in [2.24, 2.45) is 17.0 Å². The van der Waals surface area contributed by atoms with E-state index in [9.17, 15) is 24.7 Å². The molecule has 0 spiro atoms. The van der Waals surface area contributed by atoms with E-state index in [1.807, 2.05) is 50.2 Å². The molecule has 2 heterocycles. The molecule has 18 nitrogen and oxygen atoms in total. The maximum absolute atomic E-state index is 12.9. The Hall–Kier alpha value is -5.19. The molecule has 0 bridgehead atoms. The predicted octanol–water partition coefficient (Wildman–Crippen LogP) is 4.45. The van der Waals surface area contributed by atoms with Gasteiger partial charge in [-0.1, -0.05) is 79.6 Å². The average molecular weight is 771 g/mol. The molecule has 55 heavy (non-hydrogen) atoms. The summed E-state index contributed by atoms with van der Waals surface area (Å²) < 4.78 is 47.6. The maximum Gasteiger partial charge on any atom is 0.418 e. The van der Waals surface area contributed by atoms with E-state index in [-0.39, 0.29) is 31.9 Å².